The molecule has 7 nitrogen and oxygen atoms in total. The van der Waals surface area contributed by atoms with Crippen molar-refractivity contribution in [3.63, 3.8) is 0 Å². The van der Waals surface area contributed by atoms with Crippen LogP contribution in [0.4, 0.5) is 0 Å². The minimum Gasteiger partial charge on any atom is -0.440 e. The SMILES string of the molecule is CCC1CN(C(=O)c2ccc(S(C)(=O)=O)o2)CCN1CCOC. The summed E-state index contributed by atoms with van der Waals surface area (Å²) < 4.78 is 33.2. The standard InChI is InChI=1S/C15H24N2O5S/c1-4-12-11-17(8-7-16(12)9-10-21-2)15(18)13-5-6-14(22-13)23(3,19)20/h5-6,12H,4,7-11H2,1-3H3. The molecule has 1 aromatic heterocycles. The van der Waals surface area contributed by atoms with Crippen LogP contribution >= 0.6 is 0 Å². The average Bonchev–Trinajstić information content (AvgIpc) is 3.02. The summed E-state index contributed by atoms with van der Waals surface area (Å²) in [5, 5.41) is -0.174. The predicted molar refractivity (Wildman–Crippen MR) is 85.2 cm³/mol. The number of methoxy groups -OCH3 is 1. The van der Waals surface area contributed by atoms with Crippen LogP contribution in [0.1, 0.15) is 23.9 Å². The summed E-state index contributed by atoms with van der Waals surface area (Å²) in [5.41, 5.74) is 0. The lowest BCUT2D eigenvalue weighted by Crippen LogP contribution is -2.55. The molecule has 0 aliphatic carbocycles. The Morgan fingerprint density at radius 3 is 2.70 bits per heavy atom. The van der Waals surface area contributed by atoms with Crippen LogP contribution in [-0.4, -0.2) is 76.3 Å². The van der Waals surface area contributed by atoms with E-state index in [1.54, 1.807) is 12.0 Å². The lowest BCUT2D eigenvalue weighted by atomic mass is 10.1. The molecule has 1 aliphatic heterocycles. The molecule has 0 radical (unpaired) electrons. The molecule has 0 bridgehead atoms. The Kier molecular flexibility index (Phi) is 5.83. The van der Waals surface area contributed by atoms with Gasteiger partial charge in [0.25, 0.3) is 5.91 Å². The van der Waals surface area contributed by atoms with E-state index in [-0.39, 0.29) is 22.8 Å². The van der Waals surface area contributed by atoms with Crippen LogP contribution in [0.2, 0.25) is 0 Å². The number of furan rings is 1. The predicted octanol–water partition coefficient (Wildman–Crippen LogP) is 0.866. The second-order valence-corrected chi connectivity index (χ2v) is 7.68. The molecule has 2 rings (SSSR count). The van der Waals surface area contributed by atoms with E-state index in [2.05, 4.69) is 11.8 Å². The third-order valence-corrected chi connectivity index (χ3v) is 5.05. The quantitative estimate of drug-likeness (QED) is 0.762. The minimum absolute atomic E-state index is 0.0746. The van der Waals surface area contributed by atoms with Crippen molar-refractivity contribution < 1.29 is 22.4 Å². The van der Waals surface area contributed by atoms with Crippen LogP contribution in [0, 0.1) is 0 Å². The van der Waals surface area contributed by atoms with Crippen LogP contribution in [0.3, 0.4) is 0 Å². The molecule has 2 heterocycles. The molecule has 1 aromatic rings. The van der Waals surface area contributed by atoms with Gasteiger partial charge in [-0.2, -0.15) is 0 Å². The number of rotatable bonds is 6. The number of ether oxygens (including phenoxy) is 1. The maximum atomic E-state index is 12.5. The van der Waals surface area contributed by atoms with Crippen molar-refractivity contribution in [2.24, 2.45) is 0 Å². The number of carbonyl (C=O) groups is 1. The lowest BCUT2D eigenvalue weighted by Gasteiger charge is -2.40. The number of nitrogens with zero attached hydrogens (tertiary/aromatic N) is 2. The first-order valence-electron chi connectivity index (χ1n) is 7.69. The Bertz CT molecular complexity index is 640. The third-order valence-electron chi connectivity index (χ3n) is 4.10. The van der Waals surface area contributed by atoms with Crippen molar-refractivity contribution in [3.8, 4) is 0 Å². The zero-order chi connectivity index (χ0) is 17.0. The molecule has 0 saturated carbocycles. The van der Waals surface area contributed by atoms with Gasteiger partial charge >= 0.3 is 0 Å². The summed E-state index contributed by atoms with van der Waals surface area (Å²) in [5.74, 6) is -0.185. The first-order chi connectivity index (χ1) is 10.9. The Balaban J connectivity index is 2.05. The second kappa shape index (κ2) is 7.46. The normalized spacial score (nSPS) is 20.0. The van der Waals surface area contributed by atoms with Gasteiger partial charge < -0.3 is 14.1 Å². The fourth-order valence-corrected chi connectivity index (χ4v) is 3.31. The largest absolute Gasteiger partial charge is 0.440 e. The summed E-state index contributed by atoms with van der Waals surface area (Å²) in [7, 11) is -1.76. The van der Waals surface area contributed by atoms with Crippen LogP contribution in [0.15, 0.2) is 21.6 Å². The number of hydrogen-bond acceptors (Lipinski definition) is 6. The van der Waals surface area contributed by atoms with Crippen molar-refractivity contribution in [2.75, 3.05) is 46.2 Å². The smallest absolute Gasteiger partial charge is 0.289 e. The number of hydrogen-bond donors (Lipinski definition) is 0. The van der Waals surface area contributed by atoms with E-state index in [4.69, 9.17) is 9.15 Å². The molecule has 1 aliphatic rings. The summed E-state index contributed by atoms with van der Waals surface area (Å²) in [6.07, 6.45) is 1.99. The fourth-order valence-electron chi connectivity index (χ4n) is 2.76. The van der Waals surface area contributed by atoms with Crippen LogP contribution < -0.4 is 0 Å². The van der Waals surface area contributed by atoms with Crippen molar-refractivity contribution in [1.29, 1.82) is 0 Å². The highest BCUT2D eigenvalue weighted by atomic mass is 32.2. The average molecular weight is 344 g/mol. The van der Waals surface area contributed by atoms with Gasteiger partial charge in [0, 0.05) is 45.6 Å². The summed E-state index contributed by atoms with van der Waals surface area (Å²) in [6, 6.07) is 3.03. The van der Waals surface area contributed by atoms with Gasteiger partial charge in [-0.05, 0) is 18.6 Å². The number of piperazine rings is 1. The zero-order valence-electron chi connectivity index (χ0n) is 13.8. The molecule has 1 unspecified atom stereocenters. The zero-order valence-corrected chi connectivity index (χ0v) is 14.6. The van der Waals surface area contributed by atoms with Gasteiger partial charge in [-0.15, -0.1) is 0 Å². The molecule has 130 valence electrons. The maximum Gasteiger partial charge on any atom is 0.289 e. The number of carbonyl (C=O) groups excluding carboxylic acids is 1. The van der Waals surface area contributed by atoms with E-state index in [1.807, 2.05) is 0 Å². The highest BCUT2D eigenvalue weighted by molar-refractivity contribution is 7.90. The van der Waals surface area contributed by atoms with Gasteiger partial charge in [-0.25, -0.2) is 8.42 Å². The molecule has 0 spiro atoms. The summed E-state index contributed by atoms with van der Waals surface area (Å²) in [4.78, 5) is 16.6. The van der Waals surface area contributed by atoms with E-state index < -0.39 is 9.84 Å². The Morgan fingerprint density at radius 2 is 2.13 bits per heavy atom. The van der Waals surface area contributed by atoms with Crippen molar-refractivity contribution in [2.45, 2.75) is 24.5 Å². The van der Waals surface area contributed by atoms with Gasteiger partial charge in [-0.1, -0.05) is 6.92 Å². The summed E-state index contributed by atoms with van der Waals surface area (Å²) in [6.45, 7) is 5.57. The lowest BCUT2D eigenvalue weighted by molar-refractivity contribution is 0.0360. The molecular formula is C15H24N2O5S. The Hall–Kier alpha value is -1.38. The topological polar surface area (TPSA) is 80.1 Å². The molecule has 0 N–H and O–H groups in total. The molecule has 0 aromatic carbocycles. The molecule has 1 amide bonds. The van der Waals surface area contributed by atoms with Gasteiger partial charge in [0.2, 0.25) is 14.9 Å². The Labute approximate surface area is 137 Å². The van der Waals surface area contributed by atoms with Crippen LogP contribution in [0.5, 0.6) is 0 Å². The fraction of sp³-hybridized carbons (Fsp3) is 0.667. The molecule has 23 heavy (non-hydrogen) atoms. The maximum absolute atomic E-state index is 12.5. The van der Waals surface area contributed by atoms with Gasteiger partial charge in [-0.3, -0.25) is 9.69 Å². The third kappa shape index (κ3) is 4.33. The minimum atomic E-state index is -3.44. The molecule has 1 atom stereocenters. The van der Waals surface area contributed by atoms with Gasteiger partial charge in [0.1, 0.15) is 0 Å². The van der Waals surface area contributed by atoms with Crippen molar-refractivity contribution >= 4 is 15.7 Å². The highest BCUT2D eigenvalue weighted by Gasteiger charge is 2.30. The number of amides is 1. The molecule has 8 heteroatoms. The Morgan fingerprint density at radius 1 is 1.39 bits per heavy atom. The number of sulfone groups is 1. The van der Waals surface area contributed by atoms with Crippen LogP contribution in [-0.2, 0) is 14.6 Å². The van der Waals surface area contributed by atoms with E-state index in [1.165, 1.54) is 12.1 Å². The summed E-state index contributed by atoms with van der Waals surface area (Å²) >= 11 is 0. The second-order valence-electron chi connectivity index (χ2n) is 5.73. The van der Waals surface area contributed by atoms with E-state index >= 15 is 0 Å². The van der Waals surface area contributed by atoms with Crippen LogP contribution in [0.25, 0.3) is 0 Å². The monoisotopic (exact) mass is 344 g/mol. The van der Waals surface area contributed by atoms with E-state index in [9.17, 15) is 13.2 Å². The van der Waals surface area contributed by atoms with Gasteiger partial charge in [0.15, 0.2) is 5.76 Å². The highest BCUT2D eigenvalue weighted by Crippen LogP contribution is 2.19. The first kappa shape index (κ1) is 18.0. The van der Waals surface area contributed by atoms with Gasteiger partial charge in [0.05, 0.1) is 6.61 Å². The molecular weight excluding hydrogens is 320 g/mol. The molecule has 1 fully saturated rings. The first-order valence-corrected chi connectivity index (χ1v) is 9.58. The molecule has 1 saturated heterocycles. The van der Waals surface area contributed by atoms with E-state index in [0.29, 0.717) is 19.7 Å². The van der Waals surface area contributed by atoms with Crippen molar-refractivity contribution in [3.05, 3.63) is 17.9 Å². The van der Waals surface area contributed by atoms with Crippen molar-refractivity contribution in [1.82, 2.24) is 9.80 Å². The van der Waals surface area contributed by atoms with E-state index in [0.717, 1.165) is 25.8 Å².